The first-order chi connectivity index (χ1) is 10.0. The number of aromatic nitrogens is 1. The number of hydrogen-bond acceptors (Lipinski definition) is 4. The summed E-state index contributed by atoms with van der Waals surface area (Å²) >= 11 is 6.15. The summed E-state index contributed by atoms with van der Waals surface area (Å²) in [6.45, 7) is 4.24. The summed E-state index contributed by atoms with van der Waals surface area (Å²) in [5.41, 5.74) is 7.12. The van der Waals surface area contributed by atoms with Gasteiger partial charge in [-0.05, 0) is 29.7 Å². The Bertz CT molecular complexity index is 654. The van der Waals surface area contributed by atoms with Crippen LogP contribution in [0.5, 0.6) is 11.6 Å². The zero-order valence-electron chi connectivity index (χ0n) is 11.7. The quantitative estimate of drug-likeness (QED) is 0.390. The average molecular weight is 306 g/mol. The molecular formula is C15H16ClN3O2. The van der Waals surface area contributed by atoms with Crippen LogP contribution in [0.25, 0.3) is 0 Å². The lowest BCUT2D eigenvalue weighted by Crippen LogP contribution is -2.14. The fourth-order valence-corrected chi connectivity index (χ4v) is 2.03. The summed E-state index contributed by atoms with van der Waals surface area (Å²) < 4.78 is 5.64. The second-order valence-corrected chi connectivity index (χ2v) is 5.17. The van der Waals surface area contributed by atoms with E-state index in [1.165, 1.54) is 11.8 Å². The van der Waals surface area contributed by atoms with E-state index in [4.69, 9.17) is 27.3 Å². The Morgan fingerprint density at radius 1 is 1.29 bits per heavy atom. The van der Waals surface area contributed by atoms with E-state index in [1.54, 1.807) is 6.07 Å². The van der Waals surface area contributed by atoms with Gasteiger partial charge in [-0.25, -0.2) is 4.98 Å². The standard InChI is InChI=1S/C15H16ClN3O2/c1-9(2)10-3-5-11(6-4-10)21-15-13(16)12(7-8-18-15)14(17)19-20/h3-9,20H,1-2H3,(H2,17,19). The Balaban J connectivity index is 2.27. The normalized spacial score (nSPS) is 11.7. The van der Waals surface area contributed by atoms with Crippen molar-refractivity contribution >= 4 is 17.4 Å². The zero-order valence-corrected chi connectivity index (χ0v) is 12.5. The highest BCUT2D eigenvalue weighted by Gasteiger charge is 2.13. The topological polar surface area (TPSA) is 80.7 Å². The van der Waals surface area contributed by atoms with E-state index >= 15 is 0 Å². The van der Waals surface area contributed by atoms with Crippen LogP contribution in [0.3, 0.4) is 0 Å². The third-order valence-electron chi connectivity index (χ3n) is 3.00. The number of halogens is 1. The molecule has 0 aliphatic rings. The van der Waals surface area contributed by atoms with Crippen molar-refractivity contribution in [1.82, 2.24) is 4.98 Å². The van der Waals surface area contributed by atoms with Crippen molar-refractivity contribution in [1.29, 1.82) is 0 Å². The van der Waals surface area contributed by atoms with Crippen molar-refractivity contribution in [2.75, 3.05) is 0 Å². The molecule has 0 aliphatic heterocycles. The molecule has 110 valence electrons. The summed E-state index contributed by atoms with van der Waals surface area (Å²) in [5, 5.41) is 11.8. The van der Waals surface area contributed by atoms with Gasteiger partial charge in [-0.3, -0.25) is 0 Å². The summed E-state index contributed by atoms with van der Waals surface area (Å²) in [6, 6.07) is 9.22. The number of rotatable bonds is 4. The first kappa shape index (κ1) is 15.1. The van der Waals surface area contributed by atoms with E-state index in [2.05, 4.69) is 24.0 Å². The lowest BCUT2D eigenvalue weighted by atomic mass is 10.0. The molecule has 0 aliphatic carbocycles. The monoisotopic (exact) mass is 305 g/mol. The van der Waals surface area contributed by atoms with Crippen molar-refractivity contribution in [3.63, 3.8) is 0 Å². The number of benzene rings is 1. The molecule has 6 heteroatoms. The van der Waals surface area contributed by atoms with Crippen LogP contribution >= 0.6 is 11.6 Å². The van der Waals surface area contributed by atoms with E-state index < -0.39 is 0 Å². The maximum atomic E-state index is 8.72. The van der Waals surface area contributed by atoms with Crippen molar-refractivity contribution in [2.45, 2.75) is 19.8 Å². The summed E-state index contributed by atoms with van der Waals surface area (Å²) in [5.74, 6) is 1.18. The van der Waals surface area contributed by atoms with Crippen LogP contribution < -0.4 is 10.5 Å². The molecule has 0 fully saturated rings. The third kappa shape index (κ3) is 3.44. The van der Waals surface area contributed by atoms with Crippen molar-refractivity contribution in [3.05, 3.63) is 52.7 Å². The number of nitrogens with two attached hydrogens (primary N) is 1. The predicted octanol–water partition coefficient (Wildman–Crippen LogP) is 3.75. The van der Waals surface area contributed by atoms with Gasteiger partial charge in [0.05, 0.1) is 0 Å². The van der Waals surface area contributed by atoms with Crippen LogP contribution in [0.1, 0.15) is 30.9 Å². The summed E-state index contributed by atoms with van der Waals surface area (Å²) in [7, 11) is 0. The van der Waals surface area contributed by atoms with Gasteiger partial charge in [0.2, 0.25) is 5.88 Å². The van der Waals surface area contributed by atoms with Crippen molar-refractivity contribution in [2.24, 2.45) is 10.9 Å². The molecule has 1 aromatic carbocycles. The van der Waals surface area contributed by atoms with Gasteiger partial charge in [-0.2, -0.15) is 0 Å². The van der Waals surface area contributed by atoms with Crippen LogP contribution in [-0.2, 0) is 0 Å². The van der Waals surface area contributed by atoms with Gasteiger partial charge in [-0.1, -0.05) is 42.7 Å². The molecule has 0 radical (unpaired) electrons. The maximum Gasteiger partial charge on any atom is 0.238 e. The predicted molar refractivity (Wildman–Crippen MR) is 82.4 cm³/mol. The first-order valence-electron chi connectivity index (χ1n) is 6.43. The molecule has 0 amide bonds. The van der Waals surface area contributed by atoms with Crippen LogP contribution in [0, 0.1) is 0 Å². The molecule has 2 aromatic rings. The Labute approximate surface area is 128 Å². The van der Waals surface area contributed by atoms with Gasteiger partial charge in [0.1, 0.15) is 10.8 Å². The first-order valence-corrected chi connectivity index (χ1v) is 6.81. The third-order valence-corrected chi connectivity index (χ3v) is 3.37. The van der Waals surface area contributed by atoms with Crippen LogP contribution in [0.4, 0.5) is 0 Å². The van der Waals surface area contributed by atoms with E-state index in [0.717, 1.165) is 0 Å². The SMILES string of the molecule is CC(C)c1ccc(Oc2nccc(/C(N)=N/O)c2Cl)cc1. The van der Waals surface area contributed by atoms with Gasteiger partial charge < -0.3 is 15.7 Å². The van der Waals surface area contributed by atoms with Gasteiger partial charge in [0.15, 0.2) is 5.84 Å². The van der Waals surface area contributed by atoms with Crippen LogP contribution in [-0.4, -0.2) is 16.0 Å². The van der Waals surface area contributed by atoms with Crippen molar-refractivity contribution < 1.29 is 9.94 Å². The molecule has 1 heterocycles. The van der Waals surface area contributed by atoms with Crippen LogP contribution in [0.15, 0.2) is 41.7 Å². The number of oxime groups is 1. The molecule has 0 bridgehead atoms. The van der Waals surface area contributed by atoms with E-state index in [0.29, 0.717) is 17.2 Å². The lowest BCUT2D eigenvalue weighted by molar-refractivity contribution is 0.318. The van der Waals surface area contributed by atoms with Crippen LogP contribution in [0.2, 0.25) is 5.02 Å². The number of amidine groups is 1. The molecule has 0 unspecified atom stereocenters. The molecule has 0 atom stereocenters. The minimum absolute atomic E-state index is 0.0950. The van der Waals surface area contributed by atoms with E-state index in [-0.39, 0.29) is 16.7 Å². The Kier molecular flexibility index (Phi) is 4.65. The number of pyridine rings is 1. The Morgan fingerprint density at radius 2 is 1.95 bits per heavy atom. The van der Waals surface area contributed by atoms with Gasteiger partial charge in [-0.15, -0.1) is 0 Å². The fourth-order valence-electron chi connectivity index (χ4n) is 1.78. The molecule has 0 spiro atoms. The number of nitrogens with zero attached hydrogens (tertiary/aromatic N) is 2. The second-order valence-electron chi connectivity index (χ2n) is 4.79. The summed E-state index contributed by atoms with van der Waals surface area (Å²) in [4.78, 5) is 4.06. The van der Waals surface area contributed by atoms with Gasteiger partial charge in [0, 0.05) is 11.8 Å². The highest BCUT2D eigenvalue weighted by Crippen LogP contribution is 2.30. The van der Waals surface area contributed by atoms with Crippen molar-refractivity contribution in [3.8, 4) is 11.6 Å². The maximum absolute atomic E-state index is 8.72. The molecule has 0 saturated heterocycles. The smallest absolute Gasteiger partial charge is 0.238 e. The van der Waals surface area contributed by atoms with E-state index in [1.807, 2.05) is 24.3 Å². The molecule has 3 N–H and O–H groups in total. The highest BCUT2D eigenvalue weighted by molar-refractivity contribution is 6.35. The molecule has 1 aromatic heterocycles. The Morgan fingerprint density at radius 3 is 2.52 bits per heavy atom. The molecule has 2 rings (SSSR count). The number of hydrogen-bond donors (Lipinski definition) is 2. The Hall–Kier alpha value is -2.27. The molecule has 5 nitrogen and oxygen atoms in total. The highest BCUT2D eigenvalue weighted by atomic mass is 35.5. The molecular weight excluding hydrogens is 290 g/mol. The zero-order chi connectivity index (χ0) is 15.4. The number of ether oxygens (including phenoxy) is 1. The lowest BCUT2D eigenvalue weighted by Gasteiger charge is -2.10. The van der Waals surface area contributed by atoms with Gasteiger partial charge >= 0.3 is 0 Å². The molecule has 21 heavy (non-hydrogen) atoms. The average Bonchev–Trinajstić information content (AvgIpc) is 2.49. The minimum atomic E-state index is -0.0950. The second kappa shape index (κ2) is 6.45. The fraction of sp³-hybridized carbons (Fsp3) is 0.200. The largest absolute Gasteiger partial charge is 0.438 e. The summed E-state index contributed by atoms with van der Waals surface area (Å²) in [6.07, 6.45) is 1.48. The minimum Gasteiger partial charge on any atom is -0.438 e. The molecule has 0 saturated carbocycles. The van der Waals surface area contributed by atoms with E-state index in [9.17, 15) is 0 Å². The van der Waals surface area contributed by atoms with Gasteiger partial charge in [0.25, 0.3) is 0 Å².